The van der Waals surface area contributed by atoms with E-state index in [1.165, 1.54) is 19.4 Å². The van der Waals surface area contributed by atoms with Crippen LogP contribution in [0.1, 0.15) is 45.8 Å². The van der Waals surface area contributed by atoms with Gasteiger partial charge in [0.1, 0.15) is 6.07 Å². The number of rotatable bonds is 7. The highest BCUT2D eigenvalue weighted by molar-refractivity contribution is 6.04. The lowest BCUT2D eigenvalue weighted by atomic mass is 9.95. The van der Waals surface area contributed by atoms with E-state index in [2.05, 4.69) is 27.2 Å². The molecule has 0 aliphatic heterocycles. The Kier molecular flexibility index (Phi) is 7.21. The zero-order valence-electron chi connectivity index (χ0n) is 20.2. The number of ether oxygens (including phenoxy) is 1. The van der Waals surface area contributed by atoms with E-state index < -0.39 is 0 Å². The number of pyridine rings is 1. The Morgan fingerprint density at radius 1 is 1.14 bits per heavy atom. The van der Waals surface area contributed by atoms with Gasteiger partial charge in [-0.3, -0.25) is 9.78 Å². The fourth-order valence-corrected chi connectivity index (χ4v) is 3.87. The number of anilines is 1. The number of aryl methyl sites for hydroxylation is 1. The second-order valence-electron chi connectivity index (χ2n) is 8.50. The average Bonchev–Trinajstić information content (AvgIpc) is 2.88. The first-order valence-corrected chi connectivity index (χ1v) is 11.3. The van der Waals surface area contributed by atoms with Crippen LogP contribution in [0.5, 0.6) is 11.5 Å². The SMILES string of the molecule is COc1cc(-c2cc(C[C@@H](C)c3cccc(NC(=O)c4cncc(C)c4)c3)nc(C#N)n2)ccc1O. The molecule has 2 aromatic carbocycles. The van der Waals surface area contributed by atoms with Gasteiger partial charge in [0, 0.05) is 29.3 Å². The predicted molar refractivity (Wildman–Crippen MR) is 136 cm³/mol. The normalized spacial score (nSPS) is 11.4. The maximum atomic E-state index is 12.6. The Bertz CT molecular complexity index is 1460. The van der Waals surface area contributed by atoms with Crippen LogP contribution in [0.25, 0.3) is 11.3 Å². The summed E-state index contributed by atoms with van der Waals surface area (Å²) < 4.78 is 5.20. The van der Waals surface area contributed by atoms with Gasteiger partial charge in [-0.15, -0.1) is 0 Å². The Morgan fingerprint density at radius 3 is 2.72 bits per heavy atom. The molecule has 2 aromatic heterocycles. The summed E-state index contributed by atoms with van der Waals surface area (Å²) in [6.07, 6.45) is 3.80. The van der Waals surface area contributed by atoms with Gasteiger partial charge in [-0.1, -0.05) is 19.1 Å². The first-order chi connectivity index (χ1) is 17.4. The first-order valence-electron chi connectivity index (χ1n) is 11.3. The van der Waals surface area contributed by atoms with Crippen LogP contribution >= 0.6 is 0 Å². The summed E-state index contributed by atoms with van der Waals surface area (Å²) in [5, 5.41) is 22.3. The number of nitriles is 1. The number of nitrogens with one attached hydrogen (secondary N) is 1. The lowest BCUT2D eigenvalue weighted by Crippen LogP contribution is -2.13. The number of amides is 1. The minimum absolute atomic E-state index is 0.0234. The van der Waals surface area contributed by atoms with Crippen LogP contribution in [0.4, 0.5) is 5.69 Å². The quantitative estimate of drug-likeness (QED) is 0.381. The van der Waals surface area contributed by atoms with Crippen molar-refractivity contribution >= 4 is 11.6 Å². The van der Waals surface area contributed by atoms with Crippen molar-refractivity contribution in [3.8, 4) is 28.8 Å². The summed E-state index contributed by atoms with van der Waals surface area (Å²) in [5.41, 5.74) is 5.08. The van der Waals surface area contributed by atoms with Crippen LogP contribution in [0, 0.1) is 18.3 Å². The highest BCUT2D eigenvalue weighted by atomic mass is 16.5. The number of aromatic nitrogens is 3. The monoisotopic (exact) mass is 479 g/mol. The summed E-state index contributed by atoms with van der Waals surface area (Å²) in [5.74, 6) is 0.232. The van der Waals surface area contributed by atoms with Crippen molar-refractivity contribution in [1.29, 1.82) is 5.26 Å². The largest absolute Gasteiger partial charge is 0.504 e. The summed E-state index contributed by atoms with van der Waals surface area (Å²) in [6, 6.07) is 18.2. The van der Waals surface area contributed by atoms with Gasteiger partial charge in [0.05, 0.1) is 18.4 Å². The number of carbonyl (C=O) groups excluding carboxylic acids is 1. The number of benzene rings is 2. The van der Waals surface area contributed by atoms with Crippen molar-refractivity contribution in [3.05, 3.63) is 95.2 Å². The van der Waals surface area contributed by atoms with E-state index in [-0.39, 0.29) is 23.4 Å². The zero-order chi connectivity index (χ0) is 25.7. The molecule has 2 N–H and O–H groups in total. The van der Waals surface area contributed by atoms with Crippen molar-refractivity contribution in [1.82, 2.24) is 15.0 Å². The lowest BCUT2D eigenvalue weighted by molar-refractivity contribution is 0.102. The number of hydrogen-bond donors (Lipinski definition) is 2. The third-order valence-electron chi connectivity index (χ3n) is 5.72. The fraction of sp³-hybridized carbons (Fsp3) is 0.179. The lowest BCUT2D eigenvalue weighted by Gasteiger charge is -2.14. The number of carbonyl (C=O) groups is 1. The van der Waals surface area contributed by atoms with E-state index >= 15 is 0 Å². The van der Waals surface area contributed by atoms with E-state index in [9.17, 15) is 15.2 Å². The van der Waals surface area contributed by atoms with Crippen molar-refractivity contribution in [3.63, 3.8) is 0 Å². The molecule has 4 aromatic rings. The fourth-order valence-electron chi connectivity index (χ4n) is 3.87. The highest BCUT2D eigenvalue weighted by Gasteiger charge is 2.14. The molecule has 8 nitrogen and oxygen atoms in total. The molecule has 1 amide bonds. The molecule has 0 fully saturated rings. The number of aromatic hydroxyl groups is 1. The molecule has 0 spiro atoms. The molecule has 0 aliphatic carbocycles. The summed E-state index contributed by atoms with van der Waals surface area (Å²) in [4.78, 5) is 25.4. The van der Waals surface area contributed by atoms with Gasteiger partial charge in [0.25, 0.3) is 5.91 Å². The van der Waals surface area contributed by atoms with Crippen molar-refractivity contribution in [2.24, 2.45) is 0 Å². The second-order valence-corrected chi connectivity index (χ2v) is 8.50. The van der Waals surface area contributed by atoms with Crippen molar-refractivity contribution < 1.29 is 14.6 Å². The molecule has 2 heterocycles. The summed E-state index contributed by atoms with van der Waals surface area (Å²) in [7, 11) is 1.47. The Morgan fingerprint density at radius 2 is 1.97 bits per heavy atom. The number of nitrogens with zero attached hydrogens (tertiary/aromatic N) is 4. The standard InChI is InChI=1S/C28H25N5O3/c1-17-9-21(16-30-15-17)28(35)32-22-6-4-5-19(11-22)18(2)10-23-13-24(33-27(14-29)31-23)20-7-8-25(34)26(12-20)36-3/h4-9,11-13,15-16,18,34H,10H2,1-3H3,(H,32,35)/t18-/m1/s1. The van der Waals surface area contributed by atoms with E-state index in [0.29, 0.717) is 40.4 Å². The van der Waals surface area contributed by atoms with Crippen molar-refractivity contribution in [2.75, 3.05) is 12.4 Å². The van der Waals surface area contributed by atoms with Gasteiger partial charge in [-0.2, -0.15) is 5.26 Å². The maximum absolute atomic E-state index is 12.6. The van der Waals surface area contributed by atoms with Gasteiger partial charge in [-0.05, 0) is 72.9 Å². The van der Waals surface area contributed by atoms with E-state index in [4.69, 9.17) is 4.74 Å². The molecule has 0 unspecified atom stereocenters. The smallest absolute Gasteiger partial charge is 0.257 e. The van der Waals surface area contributed by atoms with Crippen LogP contribution in [0.2, 0.25) is 0 Å². The molecule has 180 valence electrons. The molecular formula is C28H25N5O3. The third-order valence-corrected chi connectivity index (χ3v) is 5.72. The van der Waals surface area contributed by atoms with Crippen LogP contribution in [-0.4, -0.2) is 33.1 Å². The van der Waals surface area contributed by atoms with E-state index in [1.807, 2.05) is 43.3 Å². The number of methoxy groups -OCH3 is 1. The second kappa shape index (κ2) is 10.7. The molecule has 8 heteroatoms. The van der Waals surface area contributed by atoms with Gasteiger partial charge in [0.2, 0.25) is 5.82 Å². The molecule has 1 atom stereocenters. The van der Waals surface area contributed by atoms with Crippen LogP contribution in [-0.2, 0) is 6.42 Å². The van der Waals surface area contributed by atoms with Crippen LogP contribution in [0.3, 0.4) is 0 Å². The molecule has 0 saturated carbocycles. The molecule has 4 rings (SSSR count). The third kappa shape index (κ3) is 5.65. The van der Waals surface area contributed by atoms with Gasteiger partial charge in [-0.25, -0.2) is 9.97 Å². The van der Waals surface area contributed by atoms with Crippen LogP contribution in [0.15, 0.2) is 67.0 Å². The number of phenolic OH excluding ortho intramolecular Hbond substituents is 1. The molecule has 0 aliphatic rings. The van der Waals surface area contributed by atoms with Gasteiger partial charge >= 0.3 is 0 Å². The van der Waals surface area contributed by atoms with Gasteiger partial charge in [0.15, 0.2) is 11.5 Å². The first kappa shape index (κ1) is 24.4. The van der Waals surface area contributed by atoms with Crippen molar-refractivity contribution in [2.45, 2.75) is 26.2 Å². The number of hydrogen-bond acceptors (Lipinski definition) is 7. The minimum Gasteiger partial charge on any atom is -0.504 e. The molecule has 36 heavy (non-hydrogen) atoms. The molecular weight excluding hydrogens is 454 g/mol. The Balaban J connectivity index is 1.55. The average molecular weight is 480 g/mol. The van der Waals surface area contributed by atoms with E-state index in [1.54, 1.807) is 24.4 Å². The zero-order valence-corrected chi connectivity index (χ0v) is 20.2. The van der Waals surface area contributed by atoms with E-state index in [0.717, 1.165) is 11.1 Å². The topological polar surface area (TPSA) is 121 Å². The predicted octanol–water partition coefficient (Wildman–Crippen LogP) is 5.03. The Labute approximate surface area is 209 Å². The number of phenols is 1. The maximum Gasteiger partial charge on any atom is 0.257 e. The minimum atomic E-state index is -0.223. The van der Waals surface area contributed by atoms with Gasteiger partial charge < -0.3 is 15.2 Å². The molecule has 0 radical (unpaired) electrons. The van der Waals surface area contributed by atoms with Crippen LogP contribution < -0.4 is 10.1 Å². The molecule has 0 bridgehead atoms. The summed E-state index contributed by atoms with van der Waals surface area (Å²) >= 11 is 0. The molecule has 0 saturated heterocycles. The summed E-state index contributed by atoms with van der Waals surface area (Å²) in [6.45, 7) is 3.95. The highest BCUT2D eigenvalue weighted by Crippen LogP contribution is 2.31. The Hall–Kier alpha value is -4.77.